The number of aryl methyl sites for hydroxylation is 1. The lowest BCUT2D eigenvalue weighted by Gasteiger charge is -2.09. The third-order valence-corrected chi connectivity index (χ3v) is 4.18. The van der Waals surface area contributed by atoms with Crippen LogP contribution in [0.1, 0.15) is 24.4 Å². The fourth-order valence-electron chi connectivity index (χ4n) is 2.44. The summed E-state index contributed by atoms with van der Waals surface area (Å²) in [7, 11) is 0. The summed E-state index contributed by atoms with van der Waals surface area (Å²) in [5, 5.41) is 9.11. The summed E-state index contributed by atoms with van der Waals surface area (Å²) in [4.78, 5) is 6.82. The Morgan fingerprint density at radius 2 is 2.05 bits per heavy atom. The molecule has 3 aromatic rings. The Kier molecular flexibility index (Phi) is 3.86. The molecule has 3 rings (SSSR count). The van der Waals surface area contributed by atoms with Crippen LogP contribution in [0.15, 0.2) is 30.5 Å². The van der Waals surface area contributed by atoms with E-state index < -0.39 is 0 Å². The van der Waals surface area contributed by atoms with Crippen LogP contribution in [0.25, 0.3) is 16.2 Å². The van der Waals surface area contributed by atoms with Crippen LogP contribution in [0.2, 0.25) is 0 Å². The monoisotopic (exact) mass is 311 g/mol. The van der Waals surface area contributed by atoms with Gasteiger partial charge in [-0.15, -0.1) is 11.3 Å². The molecular formula is C17H17N3OS. The van der Waals surface area contributed by atoms with E-state index in [-0.39, 0.29) is 6.10 Å². The zero-order chi connectivity index (χ0) is 15.7. The van der Waals surface area contributed by atoms with Crippen molar-refractivity contribution in [2.24, 2.45) is 0 Å². The van der Waals surface area contributed by atoms with Gasteiger partial charge in [-0.1, -0.05) is 0 Å². The van der Waals surface area contributed by atoms with Crippen LogP contribution in [-0.2, 0) is 6.42 Å². The standard InChI is InChI=1S/C17H17N3OS/c1-11(2)21-14-6-4-13(5-7-14)16-15(8-9-18)20-10-12(3)22-17(20)19-16/h4-7,10-11H,8H2,1-3H3. The van der Waals surface area contributed by atoms with Gasteiger partial charge < -0.3 is 4.74 Å². The number of hydrogen-bond acceptors (Lipinski definition) is 4. The zero-order valence-electron chi connectivity index (χ0n) is 12.8. The molecule has 0 radical (unpaired) electrons. The van der Waals surface area contributed by atoms with E-state index in [1.165, 1.54) is 4.88 Å². The van der Waals surface area contributed by atoms with E-state index in [1.54, 1.807) is 11.3 Å². The molecule has 0 N–H and O–H groups in total. The molecule has 0 atom stereocenters. The Morgan fingerprint density at radius 1 is 1.32 bits per heavy atom. The topological polar surface area (TPSA) is 50.3 Å². The van der Waals surface area contributed by atoms with E-state index in [4.69, 9.17) is 15.0 Å². The molecule has 0 bridgehead atoms. The maximum absolute atomic E-state index is 9.11. The number of benzene rings is 1. The summed E-state index contributed by atoms with van der Waals surface area (Å²) < 4.78 is 7.69. The van der Waals surface area contributed by atoms with Crippen LogP contribution in [0.4, 0.5) is 0 Å². The average Bonchev–Trinajstić information content (AvgIpc) is 2.97. The highest BCUT2D eigenvalue weighted by molar-refractivity contribution is 7.17. The first-order chi connectivity index (χ1) is 10.6. The highest BCUT2D eigenvalue weighted by atomic mass is 32.1. The second kappa shape index (κ2) is 5.82. The predicted octanol–water partition coefficient (Wildman–Crippen LogP) is 4.22. The van der Waals surface area contributed by atoms with Gasteiger partial charge in [0.2, 0.25) is 0 Å². The van der Waals surface area contributed by atoms with Crippen LogP contribution in [-0.4, -0.2) is 15.5 Å². The van der Waals surface area contributed by atoms with Crippen molar-refractivity contribution in [1.82, 2.24) is 9.38 Å². The van der Waals surface area contributed by atoms with E-state index in [9.17, 15) is 0 Å². The Bertz CT molecular complexity index is 837. The maximum Gasteiger partial charge on any atom is 0.194 e. The second-order valence-corrected chi connectivity index (χ2v) is 6.64. The molecular weight excluding hydrogens is 294 g/mol. The Hall–Kier alpha value is -2.32. The molecule has 0 unspecified atom stereocenters. The van der Waals surface area contributed by atoms with Crippen molar-refractivity contribution in [3.63, 3.8) is 0 Å². The third-order valence-electron chi connectivity index (χ3n) is 3.29. The average molecular weight is 311 g/mol. The van der Waals surface area contributed by atoms with Crippen LogP contribution >= 0.6 is 11.3 Å². The van der Waals surface area contributed by atoms with E-state index in [0.29, 0.717) is 6.42 Å². The zero-order valence-corrected chi connectivity index (χ0v) is 13.6. The first kappa shape index (κ1) is 14.6. The predicted molar refractivity (Wildman–Crippen MR) is 88.3 cm³/mol. The SMILES string of the molecule is Cc1cn2c(CC#N)c(-c3ccc(OC(C)C)cc3)nc2s1. The normalized spacial score (nSPS) is 11.0. The first-order valence-electron chi connectivity index (χ1n) is 7.20. The highest BCUT2D eigenvalue weighted by Gasteiger charge is 2.15. The molecule has 4 nitrogen and oxygen atoms in total. The number of thiazole rings is 1. The molecule has 0 spiro atoms. The molecule has 0 aliphatic rings. The summed E-state index contributed by atoms with van der Waals surface area (Å²) in [5.74, 6) is 0.845. The van der Waals surface area contributed by atoms with E-state index >= 15 is 0 Å². The minimum absolute atomic E-state index is 0.154. The van der Waals surface area contributed by atoms with Gasteiger partial charge in [0.1, 0.15) is 5.75 Å². The summed E-state index contributed by atoms with van der Waals surface area (Å²) in [6, 6.07) is 10.1. The molecule has 0 saturated carbocycles. The summed E-state index contributed by atoms with van der Waals surface area (Å²) in [5.41, 5.74) is 2.83. The molecule has 0 aliphatic carbocycles. The van der Waals surface area contributed by atoms with Crippen molar-refractivity contribution in [1.29, 1.82) is 5.26 Å². The molecule has 0 fully saturated rings. The maximum atomic E-state index is 9.11. The molecule has 2 aromatic heterocycles. The summed E-state index contributed by atoms with van der Waals surface area (Å²) >= 11 is 1.64. The highest BCUT2D eigenvalue weighted by Crippen LogP contribution is 2.29. The van der Waals surface area contributed by atoms with Gasteiger partial charge in [0.05, 0.1) is 30.0 Å². The van der Waals surface area contributed by atoms with Gasteiger partial charge in [0.15, 0.2) is 4.96 Å². The van der Waals surface area contributed by atoms with Crippen LogP contribution in [0.3, 0.4) is 0 Å². The Balaban J connectivity index is 2.03. The number of imidazole rings is 1. The van der Waals surface area contributed by atoms with Crippen molar-refractivity contribution in [2.75, 3.05) is 0 Å². The molecule has 2 heterocycles. The van der Waals surface area contributed by atoms with Gasteiger partial charge in [-0.3, -0.25) is 4.40 Å². The Labute approximate surface area is 133 Å². The Morgan fingerprint density at radius 3 is 2.68 bits per heavy atom. The van der Waals surface area contributed by atoms with Gasteiger partial charge in [-0.2, -0.15) is 5.26 Å². The number of fused-ring (bicyclic) bond motifs is 1. The number of rotatable bonds is 4. The third kappa shape index (κ3) is 2.70. The number of hydrogen-bond donors (Lipinski definition) is 0. The molecule has 22 heavy (non-hydrogen) atoms. The fourth-order valence-corrected chi connectivity index (χ4v) is 3.28. The molecule has 0 amide bonds. The van der Waals surface area contributed by atoms with Crippen LogP contribution in [0.5, 0.6) is 5.75 Å². The van der Waals surface area contributed by atoms with Crippen molar-refractivity contribution in [3.05, 3.63) is 41.0 Å². The minimum Gasteiger partial charge on any atom is -0.491 e. The van der Waals surface area contributed by atoms with Gasteiger partial charge >= 0.3 is 0 Å². The van der Waals surface area contributed by atoms with Gasteiger partial charge in [-0.25, -0.2) is 4.98 Å². The van der Waals surface area contributed by atoms with Crippen molar-refractivity contribution >= 4 is 16.3 Å². The second-order valence-electron chi connectivity index (χ2n) is 5.43. The molecule has 112 valence electrons. The molecule has 5 heteroatoms. The smallest absolute Gasteiger partial charge is 0.194 e. The number of aromatic nitrogens is 2. The lowest BCUT2D eigenvalue weighted by Crippen LogP contribution is -2.05. The van der Waals surface area contributed by atoms with Gasteiger partial charge in [0, 0.05) is 16.6 Å². The first-order valence-corrected chi connectivity index (χ1v) is 8.01. The van der Waals surface area contributed by atoms with Gasteiger partial charge in [0.25, 0.3) is 0 Å². The summed E-state index contributed by atoms with van der Waals surface area (Å²) in [6.07, 6.45) is 2.54. The minimum atomic E-state index is 0.154. The molecule has 0 saturated heterocycles. The lowest BCUT2D eigenvalue weighted by atomic mass is 10.1. The van der Waals surface area contributed by atoms with E-state index in [2.05, 4.69) is 6.07 Å². The van der Waals surface area contributed by atoms with Crippen molar-refractivity contribution < 1.29 is 4.74 Å². The number of ether oxygens (including phenoxy) is 1. The largest absolute Gasteiger partial charge is 0.491 e. The molecule has 1 aromatic carbocycles. The number of nitriles is 1. The summed E-state index contributed by atoms with van der Waals surface area (Å²) in [6.45, 7) is 6.06. The van der Waals surface area contributed by atoms with Crippen LogP contribution < -0.4 is 4.74 Å². The quantitative estimate of drug-likeness (QED) is 0.724. The van der Waals surface area contributed by atoms with E-state index in [0.717, 1.165) is 27.7 Å². The van der Waals surface area contributed by atoms with Crippen molar-refractivity contribution in [3.8, 4) is 23.1 Å². The lowest BCUT2D eigenvalue weighted by molar-refractivity contribution is 0.242. The number of nitrogens with zero attached hydrogens (tertiary/aromatic N) is 3. The van der Waals surface area contributed by atoms with Crippen molar-refractivity contribution in [2.45, 2.75) is 33.3 Å². The van der Waals surface area contributed by atoms with E-state index in [1.807, 2.05) is 55.6 Å². The van der Waals surface area contributed by atoms with Gasteiger partial charge in [-0.05, 0) is 45.0 Å². The molecule has 0 aliphatic heterocycles. The van der Waals surface area contributed by atoms with Crippen LogP contribution in [0, 0.1) is 18.3 Å². The fraction of sp³-hybridized carbons (Fsp3) is 0.294.